The Balaban J connectivity index is 1.39. The number of H-pyrrole nitrogens is 1. The summed E-state index contributed by atoms with van der Waals surface area (Å²) in [5.74, 6) is 0.508. The molecule has 0 saturated carbocycles. The van der Waals surface area contributed by atoms with Gasteiger partial charge in [-0.3, -0.25) is 9.78 Å². The minimum absolute atomic E-state index is 0.153. The van der Waals surface area contributed by atoms with Gasteiger partial charge in [0.15, 0.2) is 0 Å². The van der Waals surface area contributed by atoms with Crippen LogP contribution >= 0.6 is 0 Å². The van der Waals surface area contributed by atoms with Crippen molar-refractivity contribution in [3.05, 3.63) is 89.0 Å². The third-order valence-electron chi connectivity index (χ3n) is 6.17. The summed E-state index contributed by atoms with van der Waals surface area (Å²) in [4.78, 5) is 27.9. The maximum absolute atomic E-state index is 13.3. The normalized spacial score (nSPS) is 14.1. The predicted molar refractivity (Wildman–Crippen MR) is 134 cm³/mol. The second kappa shape index (κ2) is 8.64. The van der Waals surface area contributed by atoms with Crippen LogP contribution in [-0.2, 0) is 11.3 Å². The standard InChI is InChI=1S/C26H24N6O2/c33-25-15-22(28-17-18-4-3-9-27-16-18)20-5-1-2-6-24(20)32(25)26-29-21-8-7-19(14-23(21)30-26)31-10-12-34-13-11-31/h1-9,14-16,28H,10-13,17H2,(H,29,30). The number of ether oxygens (including phenoxy) is 1. The number of nitrogens with one attached hydrogen (secondary N) is 2. The molecule has 0 atom stereocenters. The molecule has 6 rings (SSSR count). The van der Waals surface area contributed by atoms with E-state index in [4.69, 9.17) is 9.72 Å². The van der Waals surface area contributed by atoms with Crippen LogP contribution in [0.1, 0.15) is 5.56 Å². The number of benzene rings is 2. The lowest BCUT2D eigenvalue weighted by Crippen LogP contribution is -2.36. The van der Waals surface area contributed by atoms with Gasteiger partial charge in [0, 0.05) is 54.9 Å². The molecule has 0 bridgehead atoms. The first kappa shape index (κ1) is 20.4. The van der Waals surface area contributed by atoms with Gasteiger partial charge in [0.2, 0.25) is 5.95 Å². The number of hydrogen-bond acceptors (Lipinski definition) is 6. The van der Waals surface area contributed by atoms with Gasteiger partial charge >= 0.3 is 0 Å². The molecular weight excluding hydrogens is 428 g/mol. The topological polar surface area (TPSA) is 88.1 Å². The van der Waals surface area contributed by atoms with E-state index in [0.29, 0.717) is 12.5 Å². The fourth-order valence-electron chi connectivity index (χ4n) is 4.45. The van der Waals surface area contributed by atoms with Crippen molar-refractivity contribution in [2.24, 2.45) is 0 Å². The molecule has 1 aliphatic rings. The number of anilines is 2. The van der Waals surface area contributed by atoms with Crippen LogP contribution in [-0.4, -0.2) is 45.8 Å². The van der Waals surface area contributed by atoms with Gasteiger partial charge in [-0.2, -0.15) is 0 Å². The molecule has 0 aliphatic carbocycles. The Morgan fingerprint density at radius 1 is 1.03 bits per heavy atom. The molecule has 34 heavy (non-hydrogen) atoms. The van der Waals surface area contributed by atoms with Gasteiger partial charge in [-0.05, 0) is 35.9 Å². The molecule has 3 aromatic heterocycles. The van der Waals surface area contributed by atoms with Gasteiger partial charge < -0.3 is 19.9 Å². The monoisotopic (exact) mass is 452 g/mol. The van der Waals surface area contributed by atoms with Crippen molar-refractivity contribution in [2.75, 3.05) is 36.5 Å². The molecule has 1 saturated heterocycles. The molecule has 4 heterocycles. The Morgan fingerprint density at radius 2 is 1.91 bits per heavy atom. The van der Waals surface area contributed by atoms with Crippen molar-refractivity contribution in [1.29, 1.82) is 0 Å². The maximum atomic E-state index is 13.3. The summed E-state index contributed by atoms with van der Waals surface area (Å²) in [5.41, 5.74) is 5.31. The second-order valence-corrected chi connectivity index (χ2v) is 8.32. The number of pyridine rings is 2. The lowest BCUT2D eigenvalue weighted by molar-refractivity contribution is 0.122. The smallest absolute Gasteiger partial charge is 0.260 e. The quantitative estimate of drug-likeness (QED) is 0.423. The van der Waals surface area contributed by atoms with Gasteiger partial charge in [0.1, 0.15) is 0 Å². The number of rotatable bonds is 5. The first-order valence-electron chi connectivity index (χ1n) is 11.4. The summed E-state index contributed by atoms with van der Waals surface area (Å²) < 4.78 is 7.11. The molecule has 170 valence electrons. The Hall–Kier alpha value is -4.17. The van der Waals surface area contributed by atoms with E-state index < -0.39 is 0 Å². The van der Waals surface area contributed by atoms with Crippen LogP contribution in [0.2, 0.25) is 0 Å². The molecule has 0 spiro atoms. The Labute approximate surface area is 195 Å². The summed E-state index contributed by atoms with van der Waals surface area (Å²) >= 11 is 0. The molecular formula is C26H24N6O2. The fraction of sp³-hybridized carbons (Fsp3) is 0.192. The van der Waals surface area contributed by atoms with E-state index in [1.54, 1.807) is 16.8 Å². The van der Waals surface area contributed by atoms with Crippen LogP contribution in [0.4, 0.5) is 11.4 Å². The average Bonchev–Trinajstić information content (AvgIpc) is 3.31. The van der Waals surface area contributed by atoms with Gasteiger partial charge in [0.25, 0.3) is 5.56 Å². The zero-order valence-electron chi connectivity index (χ0n) is 18.6. The van der Waals surface area contributed by atoms with Crippen molar-refractivity contribution >= 4 is 33.3 Å². The molecule has 0 radical (unpaired) electrons. The highest BCUT2D eigenvalue weighted by Gasteiger charge is 2.16. The molecule has 5 aromatic rings. The first-order chi connectivity index (χ1) is 16.8. The highest BCUT2D eigenvalue weighted by molar-refractivity contribution is 5.92. The number of nitrogens with zero attached hydrogens (tertiary/aromatic N) is 4. The van der Waals surface area contributed by atoms with E-state index >= 15 is 0 Å². The van der Waals surface area contributed by atoms with Crippen LogP contribution in [0.15, 0.2) is 77.9 Å². The van der Waals surface area contributed by atoms with Crippen molar-refractivity contribution in [3.8, 4) is 5.95 Å². The van der Waals surface area contributed by atoms with E-state index in [-0.39, 0.29) is 5.56 Å². The maximum Gasteiger partial charge on any atom is 0.260 e. The summed E-state index contributed by atoms with van der Waals surface area (Å²) in [6.45, 7) is 3.77. The zero-order valence-corrected chi connectivity index (χ0v) is 18.6. The number of imidazole rings is 1. The third kappa shape index (κ3) is 3.78. The van der Waals surface area contributed by atoms with Crippen LogP contribution < -0.4 is 15.8 Å². The minimum atomic E-state index is -0.153. The lowest BCUT2D eigenvalue weighted by Gasteiger charge is -2.28. The van der Waals surface area contributed by atoms with Crippen molar-refractivity contribution < 1.29 is 4.74 Å². The van der Waals surface area contributed by atoms with Gasteiger partial charge in [-0.25, -0.2) is 9.55 Å². The molecule has 8 heteroatoms. The molecule has 2 aromatic carbocycles. The first-order valence-corrected chi connectivity index (χ1v) is 11.4. The fourth-order valence-corrected chi connectivity index (χ4v) is 4.45. The Morgan fingerprint density at radius 3 is 2.76 bits per heavy atom. The number of para-hydroxylation sites is 1. The van der Waals surface area contributed by atoms with Crippen LogP contribution in [0.5, 0.6) is 0 Å². The summed E-state index contributed by atoms with van der Waals surface area (Å²) in [7, 11) is 0. The largest absolute Gasteiger partial charge is 0.380 e. The highest BCUT2D eigenvalue weighted by Crippen LogP contribution is 2.26. The summed E-state index contributed by atoms with van der Waals surface area (Å²) in [5, 5.41) is 4.34. The van der Waals surface area contributed by atoms with E-state index in [2.05, 4.69) is 32.3 Å². The molecule has 1 aliphatic heterocycles. The third-order valence-corrected chi connectivity index (χ3v) is 6.17. The SMILES string of the molecule is O=c1cc(NCc2cccnc2)c2ccccc2n1-c1nc2ccc(N3CCOCC3)cc2[nH]1. The minimum Gasteiger partial charge on any atom is -0.380 e. The van der Waals surface area contributed by atoms with E-state index in [0.717, 1.165) is 65.2 Å². The molecule has 0 amide bonds. The second-order valence-electron chi connectivity index (χ2n) is 8.32. The number of hydrogen-bond donors (Lipinski definition) is 2. The van der Waals surface area contributed by atoms with Crippen LogP contribution in [0.25, 0.3) is 27.9 Å². The Kier molecular flexibility index (Phi) is 5.20. The van der Waals surface area contributed by atoms with E-state index in [1.165, 1.54) is 0 Å². The molecule has 2 N–H and O–H groups in total. The molecule has 0 unspecified atom stereocenters. The van der Waals surface area contributed by atoms with Crippen LogP contribution in [0, 0.1) is 0 Å². The summed E-state index contributed by atoms with van der Waals surface area (Å²) in [6, 6.07) is 19.6. The van der Waals surface area contributed by atoms with E-state index in [1.807, 2.05) is 48.7 Å². The lowest BCUT2D eigenvalue weighted by atomic mass is 10.1. The van der Waals surface area contributed by atoms with E-state index in [9.17, 15) is 4.79 Å². The Bertz CT molecular complexity index is 1520. The van der Waals surface area contributed by atoms with Crippen LogP contribution in [0.3, 0.4) is 0 Å². The highest BCUT2D eigenvalue weighted by atomic mass is 16.5. The number of aromatic amines is 1. The zero-order chi connectivity index (χ0) is 22.9. The number of aromatic nitrogens is 4. The van der Waals surface area contributed by atoms with Gasteiger partial charge in [-0.1, -0.05) is 24.3 Å². The molecule has 8 nitrogen and oxygen atoms in total. The number of morpholine rings is 1. The predicted octanol–water partition coefficient (Wildman–Crippen LogP) is 3.71. The molecule has 1 fully saturated rings. The van der Waals surface area contributed by atoms with Crippen molar-refractivity contribution in [1.82, 2.24) is 19.5 Å². The van der Waals surface area contributed by atoms with Gasteiger partial charge in [-0.15, -0.1) is 0 Å². The van der Waals surface area contributed by atoms with Gasteiger partial charge in [0.05, 0.1) is 29.8 Å². The van der Waals surface area contributed by atoms with Crippen molar-refractivity contribution in [2.45, 2.75) is 6.54 Å². The average molecular weight is 453 g/mol. The number of fused-ring (bicyclic) bond motifs is 2. The van der Waals surface area contributed by atoms with Crippen molar-refractivity contribution in [3.63, 3.8) is 0 Å². The summed E-state index contributed by atoms with van der Waals surface area (Å²) in [6.07, 6.45) is 3.56.